The van der Waals surface area contributed by atoms with Crippen molar-refractivity contribution in [3.05, 3.63) is 47.2 Å². The Morgan fingerprint density at radius 3 is 2.59 bits per heavy atom. The minimum Gasteiger partial charge on any atom is -0.383 e. The second-order valence-electron chi connectivity index (χ2n) is 6.97. The Morgan fingerprint density at radius 1 is 1.28 bits per heavy atom. The van der Waals surface area contributed by atoms with Crippen molar-refractivity contribution in [2.24, 2.45) is 0 Å². The number of carbonyl (C=O) groups excluding carboxylic acids is 2. The molecule has 0 radical (unpaired) electrons. The van der Waals surface area contributed by atoms with Gasteiger partial charge in [-0.3, -0.25) is 14.6 Å². The van der Waals surface area contributed by atoms with Crippen LogP contribution in [0.2, 0.25) is 0 Å². The topological polar surface area (TPSA) is 82.7 Å². The predicted octanol–water partition coefficient (Wildman–Crippen LogP) is 1.40. The Kier molecular flexibility index (Phi) is 6.13. The number of allylic oxidation sites excluding steroid dienone is 1. The van der Waals surface area contributed by atoms with Gasteiger partial charge >= 0.3 is 6.18 Å². The van der Waals surface area contributed by atoms with Crippen molar-refractivity contribution in [2.45, 2.75) is 37.6 Å². The molecule has 1 fully saturated rings. The van der Waals surface area contributed by atoms with Crippen molar-refractivity contribution >= 4 is 11.8 Å². The van der Waals surface area contributed by atoms with E-state index in [1.807, 2.05) is 0 Å². The number of rotatable bonds is 6. The molecule has 29 heavy (non-hydrogen) atoms. The highest BCUT2D eigenvalue weighted by Crippen LogP contribution is 2.41. The van der Waals surface area contributed by atoms with Crippen molar-refractivity contribution in [1.29, 1.82) is 0 Å². The maximum atomic E-state index is 13.7. The third-order valence-electron chi connectivity index (χ3n) is 5.05. The van der Waals surface area contributed by atoms with Crippen molar-refractivity contribution in [1.82, 2.24) is 21.1 Å². The normalized spacial score (nSPS) is 24.4. The highest BCUT2D eigenvalue weighted by Gasteiger charge is 2.57. The summed E-state index contributed by atoms with van der Waals surface area (Å²) >= 11 is 0. The fraction of sp³-hybridized carbons (Fsp3) is 0.474. The van der Waals surface area contributed by atoms with Crippen molar-refractivity contribution in [2.75, 3.05) is 20.3 Å². The fourth-order valence-corrected chi connectivity index (χ4v) is 3.66. The van der Waals surface area contributed by atoms with E-state index in [0.717, 1.165) is 5.01 Å². The summed E-state index contributed by atoms with van der Waals surface area (Å²) in [5.41, 5.74) is 3.30. The van der Waals surface area contributed by atoms with Gasteiger partial charge in [-0.25, -0.2) is 5.43 Å². The lowest BCUT2D eigenvalue weighted by Gasteiger charge is -2.35. The summed E-state index contributed by atoms with van der Waals surface area (Å²) in [5.74, 6) is -2.08. The number of hydrogen-bond acceptors (Lipinski definition) is 5. The molecule has 0 bridgehead atoms. The van der Waals surface area contributed by atoms with Crippen LogP contribution in [-0.2, 0) is 14.3 Å². The van der Waals surface area contributed by atoms with E-state index in [9.17, 15) is 22.8 Å². The molecule has 158 valence electrons. The number of fused-ring (bicyclic) bond motifs is 1. The molecule has 1 aromatic rings. The maximum absolute atomic E-state index is 13.7. The molecule has 7 nitrogen and oxygen atoms in total. The zero-order valence-electron chi connectivity index (χ0n) is 16.0. The number of carbonyl (C=O) groups is 2. The van der Waals surface area contributed by atoms with Crippen LogP contribution in [0.25, 0.3) is 0 Å². The van der Waals surface area contributed by atoms with Crippen LogP contribution in [0.1, 0.15) is 24.8 Å². The summed E-state index contributed by atoms with van der Waals surface area (Å²) in [6, 6.07) is 6.33. The third kappa shape index (κ3) is 4.38. The molecule has 1 saturated heterocycles. The van der Waals surface area contributed by atoms with Gasteiger partial charge in [0.2, 0.25) is 5.91 Å². The van der Waals surface area contributed by atoms with Crippen molar-refractivity contribution < 1.29 is 27.5 Å². The molecule has 2 heterocycles. The molecular formula is C19H23F3N4O3. The quantitative estimate of drug-likeness (QED) is 0.616. The van der Waals surface area contributed by atoms with Gasteiger partial charge in [0.05, 0.1) is 18.9 Å². The van der Waals surface area contributed by atoms with Crippen LogP contribution in [-0.4, -0.2) is 55.5 Å². The Labute approximate surface area is 166 Å². The van der Waals surface area contributed by atoms with Crippen LogP contribution in [0.4, 0.5) is 13.2 Å². The number of ether oxygens (including phenoxy) is 1. The van der Waals surface area contributed by atoms with E-state index in [2.05, 4.69) is 16.1 Å². The fourth-order valence-electron chi connectivity index (χ4n) is 3.66. The Balaban J connectivity index is 1.85. The molecule has 2 aliphatic heterocycles. The predicted molar refractivity (Wildman–Crippen MR) is 98.1 cm³/mol. The molecular weight excluding hydrogens is 389 g/mol. The Morgan fingerprint density at radius 2 is 1.97 bits per heavy atom. The Bertz CT molecular complexity index is 798. The van der Waals surface area contributed by atoms with E-state index in [1.165, 1.54) is 7.11 Å². The number of hydrazine groups is 1. The minimum absolute atomic E-state index is 0.123. The van der Waals surface area contributed by atoms with Gasteiger partial charge in [-0.2, -0.15) is 13.2 Å². The lowest BCUT2D eigenvalue weighted by atomic mass is 9.89. The van der Waals surface area contributed by atoms with Gasteiger partial charge in [0, 0.05) is 24.9 Å². The first-order chi connectivity index (χ1) is 13.7. The highest BCUT2D eigenvalue weighted by molar-refractivity contribution is 6.00. The molecule has 3 unspecified atom stereocenters. The van der Waals surface area contributed by atoms with E-state index in [0.29, 0.717) is 17.9 Å². The first kappa shape index (κ1) is 21.1. The van der Waals surface area contributed by atoms with Gasteiger partial charge in [0.1, 0.15) is 12.2 Å². The molecule has 2 amide bonds. The number of nitrogens with one attached hydrogen (secondary N) is 3. The molecule has 3 atom stereocenters. The number of methoxy groups -OCH3 is 1. The van der Waals surface area contributed by atoms with Gasteiger partial charge in [-0.05, 0) is 12.5 Å². The average molecular weight is 412 g/mol. The number of benzene rings is 1. The molecule has 0 aromatic heterocycles. The molecule has 3 N–H and O–H groups in total. The molecule has 2 aliphatic rings. The SMILES string of the molecule is COCCNC(=O)CC1=C(C)NC2C(c3ccccc3)C(C(F)(F)F)NN2C1=O. The zero-order valence-corrected chi connectivity index (χ0v) is 16.0. The van der Waals surface area contributed by atoms with Gasteiger partial charge in [-0.15, -0.1) is 0 Å². The van der Waals surface area contributed by atoms with Crippen LogP contribution in [0.3, 0.4) is 0 Å². The van der Waals surface area contributed by atoms with Crippen LogP contribution < -0.4 is 16.1 Å². The summed E-state index contributed by atoms with van der Waals surface area (Å²) < 4.78 is 46.0. The summed E-state index contributed by atoms with van der Waals surface area (Å²) in [6.45, 7) is 2.19. The number of alkyl halides is 3. The lowest BCUT2D eigenvalue weighted by molar-refractivity contribution is -0.161. The van der Waals surface area contributed by atoms with Crippen LogP contribution in [0, 0.1) is 0 Å². The number of halogens is 3. The second kappa shape index (κ2) is 8.42. The van der Waals surface area contributed by atoms with Crippen LogP contribution >= 0.6 is 0 Å². The van der Waals surface area contributed by atoms with E-state index in [4.69, 9.17) is 4.74 Å². The smallest absolute Gasteiger partial charge is 0.383 e. The highest BCUT2D eigenvalue weighted by atomic mass is 19.4. The summed E-state index contributed by atoms with van der Waals surface area (Å²) in [5, 5.41) is 6.56. The second-order valence-corrected chi connectivity index (χ2v) is 6.97. The molecule has 3 rings (SSSR count). The first-order valence-corrected chi connectivity index (χ1v) is 9.17. The van der Waals surface area contributed by atoms with Crippen molar-refractivity contribution in [3.63, 3.8) is 0 Å². The van der Waals surface area contributed by atoms with Gasteiger partial charge in [-0.1, -0.05) is 30.3 Å². The van der Waals surface area contributed by atoms with Gasteiger partial charge in [0.25, 0.3) is 5.91 Å². The number of amides is 2. The molecule has 0 aliphatic carbocycles. The lowest BCUT2D eigenvalue weighted by Crippen LogP contribution is -2.55. The minimum atomic E-state index is -4.56. The molecule has 0 spiro atoms. The van der Waals surface area contributed by atoms with Gasteiger partial charge < -0.3 is 15.4 Å². The number of hydrogen-bond donors (Lipinski definition) is 3. The van der Waals surface area contributed by atoms with E-state index in [1.54, 1.807) is 37.3 Å². The van der Waals surface area contributed by atoms with E-state index < -0.39 is 36.1 Å². The average Bonchev–Trinajstić information content (AvgIpc) is 3.06. The summed E-state index contributed by atoms with van der Waals surface area (Å²) in [4.78, 5) is 25.0. The van der Waals surface area contributed by atoms with Gasteiger partial charge in [0.15, 0.2) is 0 Å². The standard InChI is InChI=1S/C19H23F3N4O3/c1-11-13(10-14(27)23-8-9-29-2)18(28)26-17(24-11)15(12-6-4-3-5-7-12)16(25-26)19(20,21)22/h3-7,15-17,24-25H,8-10H2,1-2H3,(H,23,27). The maximum Gasteiger partial charge on any atom is 0.406 e. The summed E-state index contributed by atoms with van der Waals surface area (Å²) in [7, 11) is 1.49. The monoisotopic (exact) mass is 412 g/mol. The zero-order chi connectivity index (χ0) is 21.2. The molecule has 1 aromatic carbocycles. The van der Waals surface area contributed by atoms with E-state index in [-0.39, 0.29) is 18.5 Å². The third-order valence-corrected chi connectivity index (χ3v) is 5.05. The molecule has 10 heteroatoms. The van der Waals surface area contributed by atoms with E-state index >= 15 is 0 Å². The first-order valence-electron chi connectivity index (χ1n) is 9.17. The Hall–Kier alpha value is -2.59. The van der Waals surface area contributed by atoms with Crippen LogP contribution in [0.15, 0.2) is 41.6 Å². The van der Waals surface area contributed by atoms with Crippen molar-refractivity contribution in [3.8, 4) is 0 Å². The summed E-state index contributed by atoms with van der Waals surface area (Å²) in [6.07, 6.45) is -5.72. The molecule has 0 saturated carbocycles. The largest absolute Gasteiger partial charge is 0.406 e. The number of nitrogens with zero attached hydrogens (tertiary/aromatic N) is 1. The van der Waals surface area contributed by atoms with Crippen LogP contribution in [0.5, 0.6) is 0 Å².